The van der Waals surface area contributed by atoms with Crippen LogP contribution in [0.1, 0.15) is 0 Å². The van der Waals surface area contributed by atoms with Crippen molar-refractivity contribution in [1.82, 2.24) is 5.32 Å². The standard InChI is InChI=1S/C19H19NO5/c21-10-19(11-22,12-23)20-18(24)25-15-8-7-14-6-5-13-3-1-2-4-16(13)17(14)9-15/h1-9,21-23H,10-12H2,(H,20,24). The third-order valence-corrected chi connectivity index (χ3v) is 4.20. The van der Waals surface area contributed by atoms with Crippen LogP contribution in [0.4, 0.5) is 4.79 Å². The Labute approximate surface area is 144 Å². The van der Waals surface area contributed by atoms with Crippen LogP contribution in [0.2, 0.25) is 0 Å². The third-order valence-electron chi connectivity index (χ3n) is 4.20. The molecular formula is C19H19NO5. The number of hydrogen-bond donors (Lipinski definition) is 4. The maximum absolute atomic E-state index is 12.0. The molecule has 130 valence electrons. The molecule has 3 aromatic rings. The molecule has 3 rings (SSSR count). The first kappa shape index (κ1) is 17.2. The Morgan fingerprint density at radius 1 is 0.880 bits per heavy atom. The van der Waals surface area contributed by atoms with Crippen molar-refractivity contribution in [2.75, 3.05) is 19.8 Å². The minimum Gasteiger partial charge on any atom is -0.410 e. The Balaban J connectivity index is 1.89. The van der Waals surface area contributed by atoms with Gasteiger partial charge in [-0.3, -0.25) is 0 Å². The van der Waals surface area contributed by atoms with Crippen LogP contribution < -0.4 is 10.1 Å². The van der Waals surface area contributed by atoms with Gasteiger partial charge in [-0.15, -0.1) is 0 Å². The number of carbonyl (C=O) groups excluding carboxylic acids is 1. The number of fused-ring (bicyclic) bond motifs is 3. The molecule has 25 heavy (non-hydrogen) atoms. The molecule has 1 amide bonds. The highest BCUT2D eigenvalue weighted by Crippen LogP contribution is 2.28. The van der Waals surface area contributed by atoms with Gasteiger partial charge in [-0.25, -0.2) is 4.79 Å². The van der Waals surface area contributed by atoms with Gasteiger partial charge in [0.15, 0.2) is 0 Å². The van der Waals surface area contributed by atoms with Gasteiger partial charge in [0.1, 0.15) is 11.3 Å². The van der Waals surface area contributed by atoms with Gasteiger partial charge < -0.3 is 25.4 Å². The Morgan fingerprint density at radius 3 is 2.16 bits per heavy atom. The number of benzene rings is 3. The molecular weight excluding hydrogens is 322 g/mol. The van der Waals surface area contributed by atoms with E-state index in [1.807, 2.05) is 42.5 Å². The summed E-state index contributed by atoms with van der Waals surface area (Å²) < 4.78 is 5.25. The van der Waals surface area contributed by atoms with Crippen LogP contribution in [-0.4, -0.2) is 46.8 Å². The van der Waals surface area contributed by atoms with E-state index >= 15 is 0 Å². The monoisotopic (exact) mass is 341 g/mol. The lowest BCUT2D eigenvalue weighted by molar-refractivity contribution is 0.0440. The predicted octanol–water partition coefficient (Wildman–Crippen LogP) is 1.80. The summed E-state index contributed by atoms with van der Waals surface area (Å²) in [6.45, 7) is -1.84. The van der Waals surface area contributed by atoms with Crippen molar-refractivity contribution in [2.45, 2.75) is 5.54 Å². The predicted molar refractivity (Wildman–Crippen MR) is 94.6 cm³/mol. The van der Waals surface area contributed by atoms with Crippen LogP contribution in [0.5, 0.6) is 5.75 Å². The van der Waals surface area contributed by atoms with Gasteiger partial charge in [0.05, 0.1) is 19.8 Å². The Morgan fingerprint density at radius 2 is 1.48 bits per heavy atom. The van der Waals surface area contributed by atoms with E-state index in [2.05, 4.69) is 5.32 Å². The average molecular weight is 341 g/mol. The molecule has 0 aromatic heterocycles. The summed E-state index contributed by atoms with van der Waals surface area (Å²) >= 11 is 0. The van der Waals surface area contributed by atoms with Gasteiger partial charge in [0, 0.05) is 0 Å². The molecule has 0 saturated heterocycles. The first-order chi connectivity index (χ1) is 12.1. The van der Waals surface area contributed by atoms with E-state index in [9.17, 15) is 20.1 Å². The van der Waals surface area contributed by atoms with Gasteiger partial charge in [-0.2, -0.15) is 0 Å². The second-order valence-corrected chi connectivity index (χ2v) is 5.94. The van der Waals surface area contributed by atoms with Gasteiger partial charge in [0.2, 0.25) is 0 Å². The van der Waals surface area contributed by atoms with Gasteiger partial charge in [-0.05, 0) is 33.7 Å². The Kier molecular flexibility index (Phi) is 4.85. The fraction of sp³-hybridized carbons (Fsp3) is 0.211. The molecule has 0 fully saturated rings. The summed E-state index contributed by atoms with van der Waals surface area (Å²) in [5.41, 5.74) is -1.53. The SMILES string of the molecule is O=C(NC(CO)(CO)CO)Oc1ccc2ccc3ccccc3c2c1. The molecule has 0 aliphatic rings. The molecule has 0 aliphatic carbocycles. The van der Waals surface area contributed by atoms with Crippen molar-refractivity contribution in [3.8, 4) is 5.75 Å². The zero-order chi connectivity index (χ0) is 17.9. The van der Waals surface area contributed by atoms with Crippen LogP contribution in [0, 0.1) is 0 Å². The fourth-order valence-corrected chi connectivity index (χ4v) is 2.66. The molecule has 4 N–H and O–H groups in total. The van der Waals surface area contributed by atoms with E-state index in [1.54, 1.807) is 12.1 Å². The zero-order valence-electron chi connectivity index (χ0n) is 13.5. The second kappa shape index (κ2) is 7.06. The normalized spacial score (nSPS) is 11.6. The number of amides is 1. The van der Waals surface area contributed by atoms with Crippen LogP contribution in [0.25, 0.3) is 21.5 Å². The first-order valence-corrected chi connectivity index (χ1v) is 7.85. The number of ether oxygens (including phenoxy) is 1. The number of aliphatic hydroxyl groups excluding tert-OH is 3. The molecule has 0 spiro atoms. The molecule has 6 nitrogen and oxygen atoms in total. The Bertz CT molecular complexity index is 896. The lowest BCUT2D eigenvalue weighted by Gasteiger charge is -2.27. The van der Waals surface area contributed by atoms with E-state index in [4.69, 9.17) is 4.74 Å². The van der Waals surface area contributed by atoms with Crippen molar-refractivity contribution in [2.24, 2.45) is 0 Å². The largest absolute Gasteiger partial charge is 0.413 e. The molecule has 0 unspecified atom stereocenters. The smallest absolute Gasteiger partial charge is 0.410 e. The number of carbonyl (C=O) groups is 1. The zero-order valence-corrected chi connectivity index (χ0v) is 13.5. The van der Waals surface area contributed by atoms with Gasteiger partial charge in [0.25, 0.3) is 0 Å². The van der Waals surface area contributed by atoms with Crippen LogP contribution >= 0.6 is 0 Å². The van der Waals surface area contributed by atoms with E-state index < -0.39 is 31.5 Å². The van der Waals surface area contributed by atoms with Crippen molar-refractivity contribution in [3.63, 3.8) is 0 Å². The highest BCUT2D eigenvalue weighted by Gasteiger charge is 2.30. The van der Waals surface area contributed by atoms with E-state index in [1.165, 1.54) is 0 Å². The van der Waals surface area contributed by atoms with Crippen LogP contribution in [0.15, 0.2) is 54.6 Å². The van der Waals surface area contributed by atoms with Crippen LogP contribution in [-0.2, 0) is 0 Å². The summed E-state index contributed by atoms with van der Waals surface area (Å²) in [5.74, 6) is 0.323. The minimum absolute atomic E-state index is 0.323. The van der Waals surface area contributed by atoms with E-state index in [0.29, 0.717) is 5.75 Å². The number of nitrogens with one attached hydrogen (secondary N) is 1. The fourth-order valence-electron chi connectivity index (χ4n) is 2.66. The lowest BCUT2D eigenvalue weighted by atomic mass is 10.0. The summed E-state index contributed by atoms with van der Waals surface area (Å²) in [7, 11) is 0. The summed E-state index contributed by atoms with van der Waals surface area (Å²) in [5, 5.41) is 34.2. The maximum atomic E-state index is 12.0. The maximum Gasteiger partial charge on any atom is 0.413 e. The molecule has 0 saturated carbocycles. The topological polar surface area (TPSA) is 99.0 Å². The number of aliphatic hydroxyl groups is 3. The lowest BCUT2D eigenvalue weighted by Crippen LogP contribution is -2.57. The minimum atomic E-state index is -1.53. The summed E-state index contributed by atoms with van der Waals surface area (Å²) in [4.78, 5) is 12.0. The number of rotatable bonds is 5. The molecule has 0 atom stereocenters. The molecule has 0 aliphatic heterocycles. The molecule has 6 heteroatoms. The molecule has 3 aromatic carbocycles. The highest BCUT2D eigenvalue weighted by atomic mass is 16.6. The molecule has 0 radical (unpaired) electrons. The first-order valence-electron chi connectivity index (χ1n) is 7.85. The van der Waals surface area contributed by atoms with Gasteiger partial charge in [-0.1, -0.05) is 42.5 Å². The summed E-state index contributed by atoms with van der Waals surface area (Å²) in [6, 6.07) is 17.2. The molecule has 0 heterocycles. The third kappa shape index (κ3) is 3.41. The highest BCUT2D eigenvalue weighted by molar-refractivity contribution is 6.07. The van der Waals surface area contributed by atoms with Crippen molar-refractivity contribution >= 4 is 27.6 Å². The van der Waals surface area contributed by atoms with Gasteiger partial charge >= 0.3 is 6.09 Å². The van der Waals surface area contributed by atoms with Crippen molar-refractivity contribution < 1.29 is 24.9 Å². The molecule has 0 bridgehead atoms. The second-order valence-electron chi connectivity index (χ2n) is 5.94. The average Bonchev–Trinajstić information content (AvgIpc) is 2.66. The van der Waals surface area contributed by atoms with Crippen molar-refractivity contribution in [1.29, 1.82) is 0 Å². The van der Waals surface area contributed by atoms with Crippen molar-refractivity contribution in [3.05, 3.63) is 54.6 Å². The Hall–Kier alpha value is -2.67. The summed E-state index contributed by atoms with van der Waals surface area (Å²) in [6.07, 6.45) is -0.864. The number of hydrogen-bond acceptors (Lipinski definition) is 5. The van der Waals surface area contributed by atoms with Crippen LogP contribution in [0.3, 0.4) is 0 Å². The quantitative estimate of drug-likeness (QED) is 0.530. The van der Waals surface area contributed by atoms with E-state index in [0.717, 1.165) is 21.5 Å². The van der Waals surface area contributed by atoms with E-state index in [-0.39, 0.29) is 0 Å².